The molecule has 1 fully saturated rings. The Hall–Kier alpha value is -0.710. The van der Waals surface area contributed by atoms with E-state index in [-0.39, 0.29) is 0 Å². The molecule has 1 saturated heterocycles. The van der Waals surface area contributed by atoms with Gasteiger partial charge >= 0.3 is 0 Å². The predicted molar refractivity (Wildman–Crippen MR) is 73.4 cm³/mol. The molecule has 2 aromatic rings. The number of thiazole rings is 1. The number of benzene rings is 1. The van der Waals surface area contributed by atoms with Gasteiger partial charge < -0.3 is 4.74 Å². The van der Waals surface area contributed by atoms with E-state index in [1.165, 1.54) is 10.6 Å². The summed E-state index contributed by atoms with van der Waals surface area (Å²) >= 11 is 5.23. The number of aromatic nitrogens is 1. The molecule has 2 heterocycles. The fraction of sp³-hybridized carbons (Fsp3) is 0.308. The highest BCUT2D eigenvalue weighted by molar-refractivity contribution is 9.10. The first-order valence-corrected chi connectivity index (χ1v) is 7.29. The van der Waals surface area contributed by atoms with Gasteiger partial charge in [-0.2, -0.15) is 0 Å². The summed E-state index contributed by atoms with van der Waals surface area (Å²) in [5.74, 6) is 0.501. The quantitative estimate of drug-likeness (QED) is 0.834. The second kappa shape index (κ2) is 4.88. The van der Waals surface area contributed by atoms with Crippen LogP contribution in [0.5, 0.6) is 0 Å². The first kappa shape index (κ1) is 11.4. The topological polar surface area (TPSA) is 22.1 Å². The Kier molecular flexibility index (Phi) is 3.27. The third-order valence-corrected chi connectivity index (χ3v) is 4.42. The maximum absolute atomic E-state index is 5.40. The van der Waals surface area contributed by atoms with Gasteiger partial charge in [-0.1, -0.05) is 28.1 Å². The highest BCUT2D eigenvalue weighted by Crippen LogP contribution is 2.31. The van der Waals surface area contributed by atoms with E-state index in [1.807, 2.05) is 12.1 Å². The van der Waals surface area contributed by atoms with Crippen molar-refractivity contribution >= 4 is 27.3 Å². The van der Waals surface area contributed by atoms with E-state index in [0.717, 1.165) is 29.8 Å². The molecule has 0 saturated carbocycles. The van der Waals surface area contributed by atoms with Gasteiger partial charge in [0.25, 0.3) is 0 Å². The second-order valence-electron chi connectivity index (χ2n) is 4.14. The molecule has 3 rings (SSSR count). The van der Waals surface area contributed by atoms with Crippen molar-refractivity contribution in [3.8, 4) is 11.3 Å². The van der Waals surface area contributed by atoms with Crippen molar-refractivity contribution in [1.29, 1.82) is 0 Å². The molecular weight excluding hydrogens is 298 g/mol. The Morgan fingerprint density at radius 1 is 1.41 bits per heavy atom. The Morgan fingerprint density at radius 3 is 3.12 bits per heavy atom. The molecule has 1 aliphatic rings. The Labute approximate surface area is 113 Å². The van der Waals surface area contributed by atoms with Crippen molar-refractivity contribution in [2.45, 2.75) is 12.3 Å². The summed E-state index contributed by atoms with van der Waals surface area (Å²) in [5.41, 5.74) is 2.24. The lowest BCUT2D eigenvalue weighted by molar-refractivity contribution is 0.194. The summed E-state index contributed by atoms with van der Waals surface area (Å²) in [7, 11) is 0. The molecule has 0 N–H and O–H groups in total. The maximum Gasteiger partial charge on any atom is 0.0987 e. The summed E-state index contributed by atoms with van der Waals surface area (Å²) in [6, 6.07) is 8.26. The first-order chi connectivity index (χ1) is 8.33. The van der Waals surface area contributed by atoms with E-state index >= 15 is 0 Å². The monoisotopic (exact) mass is 309 g/mol. The van der Waals surface area contributed by atoms with Crippen LogP contribution in [0.25, 0.3) is 11.3 Å². The van der Waals surface area contributed by atoms with Gasteiger partial charge in [-0.15, -0.1) is 11.3 Å². The molecule has 1 unspecified atom stereocenters. The lowest BCUT2D eigenvalue weighted by atomic mass is 10.1. The van der Waals surface area contributed by atoms with Gasteiger partial charge in [0.1, 0.15) is 0 Å². The van der Waals surface area contributed by atoms with Gasteiger partial charge in [0.2, 0.25) is 0 Å². The lowest BCUT2D eigenvalue weighted by Gasteiger charge is -2.01. The van der Waals surface area contributed by atoms with E-state index in [1.54, 1.807) is 11.3 Å². The highest BCUT2D eigenvalue weighted by atomic mass is 79.9. The van der Waals surface area contributed by atoms with Crippen LogP contribution in [0.4, 0.5) is 0 Å². The number of rotatable bonds is 2. The maximum atomic E-state index is 5.40. The van der Waals surface area contributed by atoms with Gasteiger partial charge in [-0.05, 0) is 18.6 Å². The molecule has 0 aliphatic carbocycles. The van der Waals surface area contributed by atoms with Crippen LogP contribution in [0.3, 0.4) is 0 Å². The minimum Gasteiger partial charge on any atom is -0.381 e. The molecule has 1 aromatic heterocycles. The molecular formula is C13H12BrNOS. The van der Waals surface area contributed by atoms with Crippen LogP contribution in [0.15, 0.2) is 34.1 Å². The van der Waals surface area contributed by atoms with E-state index in [9.17, 15) is 0 Å². The van der Waals surface area contributed by atoms with Crippen LogP contribution in [-0.4, -0.2) is 18.2 Å². The zero-order valence-corrected chi connectivity index (χ0v) is 11.6. The summed E-state index contributed by atoms with van der Waals surface area (Å²) in [6.45, 7) is 1.70. The largest absolute Gasteiger partial charge is 0.381 e. The Morgan fingerprint density at radius 2 is 2.35 bits per heavy atom. The van der Waals surface area contributed by atoms with Crippen molar-refractivity contribution < 1.29 is 4.74 Å². The van der Waals surface area contributed by atoms with Gasteiger partial charge in [0, 0.05) is 27.9 Å². The fourth-order valence-corrected chi connectivity index (χ4v) is 3.33. The molecule has 17 heavy (non-hydrogen) atoms. The van der Waals surface area contributed by atoms with Crippen LogP contribution in [0.1, 0.15) is 17.3 Å². The van der Waals surface area contributed by atoms with Gasteiger partial charge in [-0.3, -0.25) is 0 Å². The van der Waals surface area contributed by atoms with Crippen LogP contribution in [-0.2, 0) is 4.74 Å². The zero-order valence-electron chi connectivity index (χ0n) is 9.23. The molecule has 2 nitrogen and oxygen atoms in total. The zero-order chi connectivity index (χ0) is 11.7. The van der Waals surface area contributed by atoms with Crippen LogP contribution >= 0.6 is 27.3 Å². The average Bonchev–Trinajstić information content (AvgIpc) is 3.00. The molecule has 0 radical (unpaired) electrons. The summed E-state index contributed by atoms with van der Waals surface area (Å²) < 4.78 is 6.50. The summed E-state index contributed by atoms with van der Waals surface area (Å²) in [5, 5.41) is 3.34. The van der Waals surface area contributed by atoms with Crippen LogP contribution in [0, 0.1) is 0 Å². The second-order valence-corrected chi connectivity index (χ2v) is 5.95. The van der Waals surface area contributed by atoms with Gasteiger partial charge in [0.15, 0.2) is 0 Å². The number of ether oxygens (including phenoxy) is 1. The van der Waals surface area contributed by atoms with E-state index in [2.05, 4.69) is 33.4 Å². The third kappa shape index (κ3) is 2.44. The van der Waals surface area contributed by atoms with Crippen molar-refractivity contribution in [2.24, 2.45) is 0 Å². The average molecular weight is 310 g/mol. The molecule has 4 heteroatoms. The standard InChI is InChI=1S/C13H12BrNOS/c14-11-3-1-2-9(6-11)12-8-17-13(15-12)10-4-5-16-7-10/h1-3,6,8,10H,4-5,7H2. The molecule has 1 atom stereocenters. The summed E-state index contributed by atoms with van der Waals surface area (Å²) in [4.78, 5) is 4.72. The van der Waals surface area contributed by atoms with Crippen molar-refractivity contribution in [2.75, 3.05) is 13.2 Å². The highest BCUT2D eigenvalue weighted by Gasteiger charge is 2.21. The number of hydrogen-bond donors (Lipinski definition) is 0. The molecule has 0 spiro atoms. The van der Waals surface area contributed by atoms with E-state index < -0.39 is 0 Å². The number of hydrogen-bond acceptors (Lipinski definition) is 3. The van der Waals surface area contributed by atoms with Crippen LogP contribution in [0.2, 0.25) is 0 Å². The molecule has 1 aliphatic heterocycles. The van der Waals surface area contributed by atoms with Crippen molar-refractivity contribution in [3.63, 3.8) is 0 Å². The summed E-state index contributed by atoms with van der Waals surface area (Å²) in [6.07, 6.45) is 1.10. The van der Waals surface area contributed by atoms with Crippen molar-refractivity contribution in [3.05, 3.63) is 39.1 Å². The number of halogens is 1. The smallest absolute Gasteiger partial charge is 0.0987 e. The molecule has 88 valence electrons. The first-order valence-electron chi connectivity index (χ1n) is 5.62. The number of nitrogens with zero attached hydrogens (tertiary/aromatic N) is 1. The van der Waals surface area contributed by atoms with Crippen LogP contribution < -0.4 is 0 Å². The van der Waals surface area contributed by atoms with E-state index in [4.69, 9.17) is 9.72 Å². The normalized spacial score (nSPS) is 19.7. The van der Waals surface area contributed by atoms with Crippen molar-refractivity contribution in [1.82, 2.24) is 4.98 Å². The predicted octanol–water partition coefficient (Wildman–Crippen LogP) is 4.08. The Bertz CT molecular complexity index is 520. The molecule has 1 aromatic carbocycles. The SMILES string of the molecule is Brc1cccc(-c2csc(C3CCOC3)n2)c1. The minimum atomic E-state index is 0.501. The molecule has 0 amide bonds. The third-order valence-electron chi connectivity index (χ3n) is 2.92. The van der Waals surface area contributed by atoms with E-state index in [0.29, 0.717) is 5.92 Å². The molecule has 0 bridgehead atoms. The van der Waals surface area contributed by atoms with Gasteiger partial charge in [-0.25, -0.2) is 4.98 Å². The Balaban J connectivity index is 1.89. The lowest BCUT2D eigenvalue weighted by Crippen LogP contribution is -1.96. The minimum absolute atomic E-state index is 0.501. The van der Waals surface area contributed by atoms with Gasteiger partial charge in [0.05, 0.1) is 17.3 Å². The fourth-order valence-electron chi connectivity index (χ4n) is 1.98.